The number of hydrogen-bond acceptors (Lipinski definition) is 2. The van der Waals surface area contributed by atoms with Crippen LogP contribution in [0.3, 0.4) is 0 Å². The molecule has 2 N–H and O–H groups in total. The zero-order valence-electron chi connectivity index (χ0n) is 9.93. The molecule has 0 fully saturated rings. The van der Waals surface area contributed by atoms with E-state index in [9.17, 15) is 9.59 Å². The summed E-state index contributed by atoms with van der Waals surface area (Å²) in [4.78, 5) is 22.6. The molecule has 0 saturated carbocycles. The van der Waals surface area contributed by atoms with Crippen molar-refractivity contribution in [3.63, 3.8) is 0 Å². The van der Waals surface area contributed by atoms with Crippen molar-refractivity contribution < 1.29 is 14.7 Å². The van der Waals surface area contributed by atoms with E-state index in [1.165, 1.54) is 24.3 Å². The Kier molecular flexibility index (Phi) is 3.77. The minimum atomic E-state index is -0.989. The molecule has 4 heteroatoms. The van der Waals surface area contributed by atoms with Crippen molar-refractivity contribution in [3.05, 3.63) is 47.5 Å². The van der Waals surface area contributed by atoms with Crippen molar-refractivity contribution in [2.24, 2.45) is 0 Å². The SMILES string of the molecule is O=C(O)c1ccc(C(=O)N[C@H]2C=CCCC2)cc1. The zero-order chi connectivity index (χ0) is 13.0. The summed E-state index contributed by atoms with van der Waals surface area (Å²) in [5.41, 5.74) is 0.670. The quantitative estimate of drug-likeness (QED) is 0.802. The molecule has 0 aliphatic heterocycles. The van der Waals surface area contributed by atoms with Crippen LogP contribution in [0.15, 0.2) is 36.4 Å². The van der Waals surface area contributed by atoms with E-state index in [0.717, 1.165) is 19.3 Å². The molecule has 1 atom stereocenters. The predicted molar refractivity (Wildman–Crippen MR) is 67.6 cm³/mol. The van der Waals surface area contributed by atoms with Gasteiger partial charge in [0.25, 0.3) is 5.91 Å². The lowest BCUT2D eigenvalue weighted by atomic mass is 10.0. The Morgan fingerprint density at radius 1 is 1.17 bits per heavy atom. The van der Waals surface area contributed by atoms with Crippen LogP contribution in [0, 0.1) is 0 Å². The van der Waals surface area contributed by atoms with Crippen LogP contribution in [0.2, 0.25) is 0 Å². The van der Waals surface area contributed by atoms with Crippen LogP contribution < -0.4 is 5.32 Å². The van der Waals surface area contributed by atoms with Gasteiger partial charge in [-0.2, -0.15) is 0 Å². The lowest BCUT2D eigenvalue weighted by molar-refractivity contribution is 0.0696. The van der Waals surface area contributed by atoms with E-state index >= 15 is 0 Å². The van der Waals surface area contributed by atoms with E-state index in [2.05, 4.69) is 11.4 Å². The van der Waals surface area contributed by atoms with Gasteiger partial charge in [0.05, 0.1) is 5.56 Å². The second-order valence-electron chi connectivity index (χ2n) is 4.32. The Morgan fingerprint density at radius 2 is 1.83 bits per heavy atom. The molecule has 18 heavy (non-hydrogen) atoms. The lowest BCUT2D eigenvalue weighted by Gasteiger charge is -2.17. The summed E-state index contributed by atoms with van der Waals surface area (Å²) in [6.45, 7) is 0. The summed E-state index contributed by atoms with van der Waals surface area (Å²) in [5, 5.41) is 11.7. The first-order valence-corrected chi connectivity index (χ1v) is 5.98. The molecular formula is C14H15NO3. The smallest absolute Gasteiger partial charge is 0.335 e. The summed E-state index contributed by atoms with van der Waals surface area (Å²) in [6, 6.07) is 6.03. The molecule has 1 aliphatic carbocycles. The van der Waals surface area contributed by atoms with Crippen LogP contribution in [0.4, 0.5) is 0 Å². The van der Waals surface area contributed by atoms with Crippen LogP contribution in [0.5, 0.6) is 0 Å². The predicted octanol–water partition coefficient (Wildman–Crippen LogP) is 2.22. The van der Waals surface area contributed by atoms with Gasteiger partial charge in [-0.1, -0.05) is 12.2 Å². The maximum absolute atomic E-state index is 11.9. The normalized spacial score (nSPS) is 18.3. The standard InChI is InChI=1S/C14H15NO3/c16-13(15-12-4-2-1-3-5-12)10-6-8-11(9-7-10)14(17)18/h2,4,6-9,12H,1,3,5H2,(H,15,16)(H,17,18)/t12-/m0/s1. The molecule has 2 rings (SSSR count). The molecule has 1 aromatic rings. The minimum Gasteiger partial charge on any atom is -0.478 e. The van der Waals surface area contributed by atoms with Crippen molar-refractivity contribution in [1.29, 1.82) is 0 Å². The number of carbonyl (C=O) groups excluding carboxylic acids is 1. The monoisotopic (exact) mass is 245 g/mol. The minimum absolute atomic E-state index is 0.0883. The molecular weight excluding hydrogens is 230 g/mol. The third-order valence-electron chi connectivity index (χ3n) is 2.96. The van der Waals surface area contributed by atoms with Crippen LogP contribution >= 0.6 is 0 Å². The molecule has 1 aromatic carbocycles. The van der Waals surface area contributed by atoms with Gasteiger partial charge in [0, 0.05) is 11.6 Å². The fourth-order valence-corrected chi connectivity index (χ4v) is 1.95. The number of carboxylic acids is 1. The van der Waals surface area contributed by atoms with Crippen LogP contribution in [-0.4, -0.2) is 23.0 Å². The van der Waals surface area contributed by atoms with Crippen molar-refractivity contribution >= 4 is 11.9 Å². The van der Waals surface area contributed by atoms with E-state index in [4.69, 9.17) is 5.11 Å². The Hall–Kier alpha value is -2.10. The first-order chi connectivity index (χ1) is 8.66. The zero-order valence-corrected chi connectivity index (χ0v) is 9.93. The number of aromatic carboxylic acids is 1. The number of rotatable bonds is 3. The maximum atomic E-state index is 11.9. The van der Waals surface area contributed by atoms with Crippen LogP contribution in [0.25, 0.3) is 0 Å². The second-order valence-corrected chi connectivity index (χ2v) is 4.32. The average molecular weight is 245 g/mol. The molecule has 1 amide bonds. The summed E-state index contributed by atoms with van der Waals surface area (Å²) >= 11 is 0. The average Bonchev–Trinajstić information content (AvgIpc) is 2.40. The van der Waals surface area contributed by atoms with Gasteiger partial charge in [-0.3, -0.25) is 4.79 Å². The van der Waals surface area contributed by atoms with E-state index in [1.54, 1.807) is 0 Å². The number of allylic oxidation sites excluding steroid dienone is 1. The van der Waals surface area contributed by atoms with Gasteiger partial charge >= 0.3 is 5.97 Å². The molecule has 4 nitrogen and oxygen atoms in total. The number of hydrogen-bond donors (Lipinski definition) is 2. The summed E-state index contributed by atoms with van der Waals surface area (Å²) in [6.07, 6.45) is 7.18. The van der Waals surface area contributed by atoms with Gasteiger partial charge in [0.15, 0.2) is 0 Å². The molecule has 0 radical (unpaired) electrons. The first-order valence-electron chi connectivity index (χ1n) is 5.98. The largest absolute Gasteiger partial charge is 0.478 e. The van der Waals surface area contributed by atoms with E-state index in [1.807, 2.05) is 6.08 Å². The number of nitrogens with one attached hydrogen (secondary N) is 1. The highest BCUT2D eigenvalue weighted by molar-refractivity contribution is 5.96. The van der Waals surface area contributed by atoms with Gasteiger partial charge in [-0.05, 0) is 43.5 Å². The van der Waals surface area contributed by atoms with E-state index < -0.39 is 5.97 Å². The molecule has 0 saturated heterocycles. The van der Waals surface area contributed by atoms with E-state index in [-0.39, 0.29) is 17.5 Å². The Morgan fingerprint density at radius 3 is 2.39 bits per heavy atom. The number of carboxylic acid groups (broad SMARTS) is 1. The summed E-state index contributed by atoms with van der Waals surface area (Å²) in [5.74, 6) is -1.15. The fourth-order valence-electron chi connectivity index (χ4n) is 1.95. The van der Waals surface area contributed by atoms with E-state index in [0.29, 0.717) is 5.56 Å². The Bertz CT molecular complexity index is 476. The van der Waals surface area contributed by atoms with Crippen molar-refractivity contribution in [2.75, 3.05) is 0 Å². The van der Waals surface area contributed by atoms with Crippen molar-refractivity contribution in [1.82, 2.24) is 5.32 Å². The van der Waals surface area contributed by atoms with Gasteiger partial charge in [-0.25, -0.2) is 4.79 Å². The molecule has 0 spiro atoms. The Balaban J connectivity index is 2.02. The lowest BCUT2D eigenvalue weighted by Crippen LogP contribution is -2.34. The molecule has 1 aliphatic rings. The molecule has 94 valence electrons. The first kappa shape index (κ1) is 12.4. The molecule has 0 heterocycles. The fraction of sp³-hybridized carbons (Fsp3) is 0.286. The van der Waals surface area contributed by atoms with Gasteiger partial charge in [0.1, 0.15) is 0 Å². The number of carbonyl (C=O) groups is 2. The third kappa shape index (κ3) is 2.97. The van der Waals surface area contributed by atoms with Gasteiger partial charge in [-0.15, -0.1) is 0 Å². The maximum Gasteiger partial charge on any atom is 0.335 e. The highest BCUT2D eigenvalue weighted by Gasteiger charge is 2.13. The summed E-state index contributed by atoms with van der Waals surface area (Å²) < 4.78 is 0. The molecule has 0 unspecified atom stereocenters. The van der Waals surface area contributed by atoms with Crippen LogP contribution in [-0.2, 0) is 0 Å². The van der Waals surface area contributed by atoms with Gasteiger partial charge in [0.2, 0.25) is 0 Å². The van der Waals surface area contributed by atoms with Gasteiger partial charge < -0.3 is 10.4 Å². The van der Waals surface area contributed by atoms with Crippen LogP contribution in [0.1, 0.15) is 40.0 Å². The number of benzene rings is 1. The molecule has 0 aromatic heterocycles. The van der Waals surface area contributed by atoms with Crippen molar-refractivity contribution in [3.8, 4) is 0 Å². The summed E-state index contributed by atoms with van der Waals surface area (Å²) in [7, 11) is 0. The highest BCUT2D eigenvalue weighted by atomic mass is 16.4. The molecule has 0 bridgehead atoms. The van der Waals surface area contributed by atoms with Crippen molar-refractivity contribution in [2.45, 2.75) is 25.3 Å². The second kappa shape index (κ2) is 5.49. The third-order valence-corrected chi connectivity index (χ3v) is 2.96. The Labute approximate surface area is 105 Å². The topological polar surface area (TPSA) is 66.4 Å². The number of amides is 1. The highest BCUT2D eigenvalue weighted by Crippen LogP contribution is 2.11.